The molecule has 3 atom stereocenters. The highest BCUT2D eigenvalue weighted by atomic mass is 35.5. The molecule has 1 aromatic heterocycles. The molecular weight excluding hydrogens is 400 g/mol. The summed E-state index contributed by atoms with van der Waals surface area (Å²) in [6, 6.07) is 15.0. The molecule has 1 saturated heterocycles. The van der Waals surface area contributed by atoms with Gasteiger partial charge in [-0.25, -0.2) is 0 Å². The molecule has 1 aliphatic rings. The van der Waals surface area contributed by atoms with Crippen molar-refractivity contribution < 1.29 is 9.59 Å². The molecule has 4 rings (SSSR count). The van der Waals surface area contributed by atoms with Crippen molar-refractivity contribution in [1.82, 2.24) is 15.2 Å². The molecule has 3 aromatic rings. The predicted octanol–water partition coefficient (Wildman–Crippen LogP) is 3.17. The second-order valence-corrected chi connectivity index (χ2v) is 8.28. The Morgan fingerprint density at radius 2 is 2.03 bits per heavy atom. The van der Waals surface area contributed by atoms with E-state index in [4.69, 9.17) is 17.3 Å². The highest BCUT2D eigenvalue weighted by Gasteiger charge is 2.40. The number of rotatable bonds is 6. The third-order valence-corrected chi connectivity index (χ3v) is 6.29. The summed E-state index contributed by atoms with van der Waals surface area (Å²) in [6.07, 6.45) is 2.37. The molecule has 2 unspecified atom stereocenters. The van der Waals surface area contributed by atoms with Gasteiger partial charge in [-0.15, -0.1) is 0 Å². The number of primary amides is 1. The first kappa shape index (κ1) is 20.4. The zero-order valence-corrected chi connectivity index (χ0v) is 17.5. The average molecular weight is 425 g/mol. The van der Waals surface area contributed by atoms with Crippen LogP contribution in [0, 0.1) is 0 Å². The molecule has 2 heterocycles. The van der Waals surface area contributed by atoms with Crippen LogP contribution in [0.3, 0.4) is 0 Å². The number of benzene rings is 2. The molecule has 1 aliphatic heterocycles. The van der Waals surface area contributed by atoms with E-state index in [9.17, 15) is 9.59 Å². The average Bonchev–Trinajstić information content (AvgIpc) is 3.36. The van der Waals surface area contributed by atoms with Gasteiger partial charge in [-0.3, -0.25) is 14.5 Å². The third kappa shape index (κ3) is 4.06. The number of carbonyl (C=O) groups excluding carboxylic acids is 2. The zero-order valence-electron chi connectivity index (χ0n) is 16.8. The molecule has 0 saturated carbocycles. The molecule has 0 aliphatic carbocycles. The van der Waals surface area contributed by atoms with Crippen LogP contribution in [-0.2, 0) is 16.1 Å². The second kappa shape index (κ2) is 8.50. The summed E-state index contributed by atoms with van der Waals surface area (Å²) in [7, 11) is 0. The Bertz CT molecular complexity index is 1070. The van der Waals surface area contributed by atoms with Crippen molar-refractivity contribution in [3.63, 3.8) is 0 Å². The van der Waals surface area contributed by atoms with Crippen LogP contribution in [0.1, 0.15) is 30.4 Å². The van der Waals surface area contributed by atoms with E-state index in [0.29, 0.717) is 24.5 Å². The molecule has 1 fully saturated rings. The number of fused-ring (bicyclic) bond motifs is 1. The standard InChI is InChI=1S/C23H25ClN4O2/c1-14(23(30)27-11-15-7-8-20-18(9-15)19(24)12-26-20)28-13-17(10-21(28)22(25)29)16-5-3-2-4-6-16/h2-9,12,14,17,21,26H,10-11,13H2,1H3,(H2,25,29)(H,27,30)/t14-,17?,21?/m0/s1. The van der Waals surface area contributed by atoms with Gasteiger partial charge in [0, 0.05) is 30.2 Å². The Kier molecular flexibility index (Phi) is 5.79. The summed E-state index contributed by atoms with van der Waals surface area (Å²) < 4.78 is 0. The van der Waals surface area contributed by atoms with E-state index in [-0.39, 0.29) is 17.7 Å². The van der Waals surface area contributed by atoms with E-state index in [2.05, 4.69) is 22.4 Å². The summed E-state index contributed by atoms with van der Waals surface area (Å²) in [5.74, 6) is -0.340. The topological polar surface area (TPSA) is 91.2 Å². The lowest BCUT2D eigenvalue weighted by Crippen LogP contribution is -2.51. The van der Waals surface area contributed by atoms with E-state index < -0.39 is 12.1 Å². The maximum absolute atomic E-state index is 12.9. The molecule has 0 bridgehead atoms. The van der Waals surface area contributed by atoms with Gasteiger partial charge in [0.05, 0.1) is 17.1 Å². The van der Waals surface area contributed by atoms with Crippen molar-refractivity contribution in [2.24, 2.45) is 5.73 Å². The minimum Gasteiger partial charge on any atom is -0.368 e. The van der Waals surface area contributed by atoms with Gasteiger partial charge in [0.25, 0.3) is 0 Å². The first-order valence-electron chi connectivity index (χ1n) is 10.1. The number of amides is 2. The molecule has 0 radical (unpaired) electrons. The first-order chi connectivity index (χ1) is 14.4. The van der Waals surface area contributed by atoms with Crippen molar-refractivity contribution >= 4 is 34.3 Å². The lowest BCUT2D eigenvalue weighted by atomic mass is 9.96. The number of nitrogens with one attached hydrogen (secondary N) is 2. The number of hydrogen-bond donors (Lipinski definition) is 3. The summed E-state index contributed by atoms with van der Waals surface area (Å²) in [6.45, 7) is 2.83. The number of likely N-dealkylation sites (tertiary alicyclic amines) is 1. The number of carbonyl (C=O) groups is 2. The number of halogens is 1. The van der Waals surface area contributed by atoms with Crippen LogP contribution in [0.2, 0.25) is 5.02 Å². The first-order valence-corrected chi connectivity index (χ1v) is 10.4. The predicted molar refractivity (Wildman–Crippen MR) is 118 cm³/mol. The number of H-pyrrole nitrogens is 1. The summed E-state index contributed by atoms with van der Waals surface area (Å²) in [5.41, 5.74) is 8.74. The van der Waals surface area contributed by atoms with Gasteiger partial charge in [-0.2, -0.15) is 0 Å². The SMILES string of the molecule is C[C@@H](C(=O)NCc1ccc2[nH]cc(Cl)c2c1)N1CC(c2ccccc2)CC1C(N)=O. The van der Waals surface area contributed by atoms with Gasteiger partial charge >= 0.3 is 0 Å². The Morgan fingerprint density at radius 3 is 2.77 bits per heavy atom. The second-order valence-electron chi connectivity index (χ2n) is 7.87. The van der Waals surface area contributed by atoms with Gasteiger partial charge in [0.15, 0.2) is 0 Å². The Morgan fingerprint density at radius 1 is 1.27 bits per heavy atom. The van der Waals surface area contributed by atoms with Crippen LogP contribution in [0.4, 0.5) is 0 Å². The van der Waals surface area contributed by atoms with Crippen LogP contribution in [-0.4, -0.2) is 40.3 Å². The summed E-state index contributed by atoms with van der Waals surface area (Å²) in [5, 5.41) is 4.56. The number of nitrogens with two attached hydrogens (primary N) is 1. The van der Waals surface area contributed by atoms with Gasteiger partial charge in [-0.05, 0) is 42.5 Å². The quantitative estimate of drug-likeness (QED) is 0.567. The summed E-state index contributed by atoms with van der Waals surface area (Å²) in [4.78, 5) is 29.9. The molecule has 156 valence electrons. The van der Waals surface area contributed by atoms with E-state index in [1.54, 1.807) is 6.20 Å². The molecule has 6 nitrogen and oxygen atoms in total. The van der Waals surface area contributed by atoms with Crippen LogP contribution in [0.25, 0.3) is 10.9 Å². The molecule has 30 heavy (non-hydrogen) atoms. The normalized spacial score (nSPS) is 20.3. The van der Waals surface area contributed by atoms with Crippen molar-refractivity contribution in [3.8, 4) is 0 Å². The monoisotopic (exact) mass is 424 g/mol. The Hall–Kier alpha value is -2.83. The number of nitrogens with zero attached hydrogens (tertiary/aromatic N) is 1. The third-order valence-electron chi connectivity index (χ3n) is 5.98. The minimum atomic E-state index is -0.462. The zero-order chi connectivity index (χ0) is 21.3. The van der Waals surface area contributed by atoms with Crippen molar-refractivity contribution in [1.29, 1.82) is 0 Å². The lowest BCUT2D eigenvalue weighted by molar-refractivity contribution is -0.129. The van der Waals surface area contributed by atoms with Crippen LogP contribution >= 0.6 is 11.6 Å². The maximum Gasteiger partial charge on any atom is 0.237 e. The molecule has 4 N–H and O–H groups in total. The van der Waals surface area contributed by atoms with E-state index in [1.165, 1.54) is 0 Å². The molecule has 7 heteroatoms. The highest BCUT2D eigenvalue weighted by Crippen LogP contribution is 2.33. The Labute approximate surface area is 180 Å². The smallest absolute Gasteiger partial charge is 0.237 e. The van der Waals surface area contributed by atoms with Gasteiger partial charge in [0.1, 0.15) is 0 Å². The largest absolute Gasteiger partial charge is 0.368 e. The number of hydrogen-bond acceptors (Lipinski definition) is 3. The van der Waals surface area contributed by atoms with E-state index in [1.807, 2.05) is 48.2 Å². The van der Waals surface area contributed by atoms with Crippen LogP contribution in [0.5, 0.6) is 0 Å². The molecule has 0 spiro atoms. The Balaban J connectivity index is 1.43. The maximum atomic E-state index is 12.9. The summed E-state index contributed by atoms with van der Waals surface area (Å²) >= 11 is 6.18. The molecule has 2 aromatic carbocycles. The number of aromatic nitrogens is 1. The van der Waals surface area contributed by atoms with Crippen molar-refractivity contribution in [2.45, 2.75) is 37.9 Å². The minimum absolute atomic E-state index is 0.129. The van der Waals surface area contributed by atoms with Crippen LogP contribution < -0.4 is 11.1 Å². The lowest BCUT2D eigenvalue weighted by Gasteiger charge is -2.28. The fourth-order valence-corrected chi connectivity index (χ4v) is 4.48. The molecular formula is C23H25ClN4O2. The van der Waals surface area contributed by atoms with Gasteiger partial charge < -0.3 is 16.0 Å². The fraction of sp³-hybridized carbons (Fsp3) is 0.304. The van der Waals surface area contributed by atoms with Gasteiger partial charge in [-0.1, -0.05) is 48.0 Å². The number of aromatic amines is 1. The van der Waals surface area contributed by atoms with Crippen molar-refractivity contribution in [2.75, 3.05) is 6.54 Å². The fourth-order valence-electron chi connectivity index (χ4n) is 4.27. The van der Waals surface area contributed by atoms with Crippen molar-refractivity contribution in [3.05, 3.63) is 70.9 Å². The van der Waals surface area contributed by atoms with E-state index in [0.717, 1.165) is 22.0 Å². The highest BCUT2D eigenvalue weighted by molar-refractivity contribution is 6.35. The van der Waals surface area contributed by atoms with Crippen LogP contribution in [0.15, 0.2) is 54.7 Å². The van der Waals surface area contributed by atoms with E-state index >= 15 is 0 Å². The van der Waals surface area contributed by atoms with Gasteiger partial charge in [0.2, 0.25) is 11.8 Å². The molecule has 2 amide bonds.